The summed E-state index contributed by atoms with van der Waals surface area (Å²) in [5.74, 6) is -1.11. The van der Waals surface area contributed by atoms with Crippen molar-refractivity contribution in [1.29, 1.82) is 0 Å². The van der Waals surface area contributed by atoms with Crippen molar-refractivity contribution in [2.45, 2.75) is 39.5 Å². The molecule has 14 nitrogen and oxygen atoms in total. The SMILES string of the molecule is CCCCOC1=NO[B-]2(F)O/N=C(c3ccccc3)/C(c3ccccc3)=N/O[B-](F)(O/N=C/1OCCCC)O/N=C(c1ccccc1)/C(c1ccccc1)=N/O2. The Hall–Kier alpha value is -6.71. The molecule has 2 bridgehead atoms. The topological polar surface area (TPSA) is 148 Å². The Morgan fingerprint density at radius 1 is 0.411 bits per heavy atom. The second-order valence-corrected chi connectivity index (χ2v) is 12.2. The van der Waals surface area contributed by atoms with Crippen LogP contribution in [0, 0.1) is 0 Å². The Morgan fingerprint density at radius 3 is 0.911 bits per heavy atom. The number of hydrogen-bond donors (Lipinski definition) is 0. The number of rotatable bonds is 10. The summed E-state index contributed by atoms with van der Waals surface area (Å²) in [4.78, 5) is 0. The maximum Gasteiger partial charge on any atom is 0.812 e. The molecule has 0 spiro atoms. The van der Waals surface area contributed by atoms with Crippen LogP contribution in [-0.4, -0.2) is 61.9 Å². The summed E-state index contributed by atoms with van der Waals surface area (Å²) in [7, 11) is -9.27. The number of ether oxygens (including phenoxy) is 2. The third-order valence-corrected chi connectivity index (χ3v) is 7.90. The third-order valence-electron chi connectivity index (χ3n) is 7.90. The highest BCUT2D eigenvalue weighted by atomic mass is 19.1. The molecular formula is C38H38B2F2N6O8-2. The van der Waals surface area contributed by atoms with Gasteiger partial charge in [-0.1, -0.05) is 158 Å². The second-order valence-electron chi connectivity index (χ2n) is 12.2. The smallest absolute Gasteiger partial charge is 0.509 e. The maximum atomic E-state index is 17.4. The third kappa shape index (κ3) is 10.3. The normalized spacial score (nSPS) is 24.7. The van der Waals surface area contributed by atoms with Crippen LogP contribution in [0.25, 0.3) is 0 Å². The summed E-state index contributed by atoms with van der Waals surface area (Å²) in [6.07, 6.45) is 2.50. The molecule has 0 amide bonds. The molecule has 0 N–H and O–H groups in total. The Bertz CT molecular complexity index is 1820. The molecule has 4 aromatic rings. The number of halogens is 2. The van der Waals surface area contributed by atoms with Crippen LogP contribution in [0.1, 0.15) is 61.8 Å². The summed E-state index contributed by atoms with van der Waals surface area (Å²) in [6.45, 7) is 3.94. The predicted octanol–water partition coefficient (Wildman–Crippen LogP) is 7.80. The highest BCUT2D eigenvalue weighted by Gasteiger charge is 2.44. The van der Waals surface area contributed by atoms with Crippen molar-refractivity contribution in [3.8, 4) is 0 Å². The van der Waals surface area contributed by atoms with Crippen LogP contribution < -0.4 is 0 Å². The van der Waals surface area contributed by atoms with Gasteiger partial charge < -0.3 is 46.6 Å². The Labute approximate surface area is 322 Å². The van der Waals surface area contributed by atoms with Crippen LogP contribution in [0.4, 0.5) is 8.63 Å². The fraction of sp³-hybridized carbons (Fsp3) is 0.211. The monoisotopic (exact) mass is 766 g/mol. The zero-order valence-electron chi connectivity index (χ0n) is 30.6. The van der Waals surface area contributed by atoms with Crippen molar-refractivity contribution >= 4 is 48.7 Å². The molecule has 18 heteroatoms. The fourth-order valence-electron chi connectivity index (χ4n) is 5.00. The van der Waals surface area contributed by atoms with E-state index in [0.717, 1.165) is 0 Å². The molecule has 290 valence electrons. The van der Waals surface area contributed by atoms with E-state index in [9.17, 15) is 0 Å². The summed E-state index contributed by atoms with van der Waals surface area (Å²) in [6, 6.07) is 33.6. The van der Waals surface area contributed by atoms with Gasteiger partial charge in [0.25, 0.3) is 0 Å². The second kappa shape index (κ2) is 19.1. The van der Waals surface area contributed by atoms with Crippen LogP contribution in [-0.2, 0) is 38.0 Å². The van der Waals surface area contributed by atoms with Crippen molar-refractivity contribution in [2.24, 2.45) is 30.9 Å². The highest BCUT2D eigenvalue weighted by molar-refractivity contribution is 6.58. The van der Waals surface area contributed by atoms with E-state index in [4.69, 9.17) is 38.0 Å². The van der Waals surface area contributed by atoms with Crippen LogP contribution in [0.15, 0.2) is 152 Å². The van der Waals surface area contributed by atoms with E-state index in [2.05, 4.69) is 30.9 Å². The van der Waals surface area contributed by atoms with Gasteiger partial charge in [-0.3, -0.25) is 0 Å². The van der Waals surface area contributed by atoms with E-state index in [1.165, 1.54) is 0 Å². The van der Waals surface area contributed by atoms with Crippen molar-refractivity contribution in [3.05, 3.63) is 144 Å². The minimum absolute atomic E-state index is 0.0455. The number of benzene rings is 4. The molecule has 4 aromatic carbocycles. The summed E-state index contributed by atoms with van der Waals surface area (Å²) in [5, 5.41) is 24.2. The van der Waals surface area contributed by atoms with Crippen LogP contribution in [0.2, 0.25) is 0 Å². The molecule has 0 atom stereocenters. The van der Waals surface area contributed by atoms with Gasteiger partial charge >= 0.3 is 25.9 Å². The minimum Gasteiger partial charge on any atom is -0.509 e. The molecule has 56 heavy (non-hydrogen) atoms. The highest BCUT2D eigenvalue weighted by Crippen LogP contribution is 2.23. The molecular weight excluding hydrogens is 728 g/mol. The lowest BCUT2D eigenvalue weighted by atomic mass is 10.00. The molecule has 0 aliphatic carbocycles. The lowest BCUT2D eigenvalue weighted by molar-refractivity contribution is 0.0184. The van der Waals surface area contributed by atoms with E-state index in [1.54, 1.807) is 121 Å². The maximum absolute atomic E-state index is 17.4. The first kappa shape index (κ1) is 39.0. The van der Waals surface area contributed by atoms with Gasteiger partial charge in [-0.15, -0.1) is 20.6 Å². The zero-order valence-corrected chi connectivity index (χ0v) is 30.6. The van der Waals surface area contributed by atoms with E-state index in [0.29, 0.717) is 47.9 Å². The Balaban J connectivity index is 1.62. The lowest BCUT2D eigenvalue weighted by Gasteiger charge is -2.30. The average molecular weight is 766 g/mol. The molecule has 0 fully saturated rings. The Kier molecular flexibility index (Phi) is 13.3. The van der Waals surface area contributed by atoms with E-state index in [-0.39, 0.29) is 36.1 Å². The van der Waals surface area contributed by atoms with Gasteiger partial charge in [-0.2, -0.15) is 0 Å². The number of fused-ring (bicyclic) bond motifs is 9. The summed E-state index contributed by atoms with van der Waals surface area (Å²) < 4.78 is 79.1. The van der Waals surface area contributed by atoms with E-state index in [1.807, 2.05) is 13.8 Å². The van der Waals surface area contributed by atoms with Crippen molar-refractivity contribution in [2.75, 3.05) is 13.2 Å². The molecule has 0 radical (unpaired) electrons. The first-order valence-corrected chi connectivity index (χ1v) is 18.1. The van der Waals surface area contributed by atoms with Gasteiger partial charge in [-0.05, 0) is 12.8 Å². The lowest BCUT2D eigenvalue weighted by Crippen LogP contribution is -2.41. The minimum atomic E-state index is -4.63. The number of hydrogen-bond acceptors (Lipinski definition) is 14. The van der Waals surface area contributed by atoms with Gasteiger partial charge in [0.2, 0.25) is 0 Å². The molecule has 3 aliphatic heterocycles. The average Bonchev–Trinajstić information content (AvgIpc) is 3.24. The standard InChI is InChI=1S/C38H38B2F2N6O8/c1-3-5-27-49-37-38(50-28-6-4-2)48-56-40(42)53-45-35(31-23-15-9-16-24-31)33(29-19-11-7-12-20-29)43-51-39(41,55-47-37)52-44-34(30-21-13-8-14-22-30)36(46-54-40)32-25-17-10-18-26-32/h7-26H,3-6,27-28H2,1-2H3/q-2/b43-33+,44-34+,45-35+,46-36+,47-37-,48-38?. The van der Waals surface area contributed by atoms with Crippen molar-refractivity contribution < 1.29 is 46.6 Å². The number of oxime groups is 6. The number of unbranched alkanes of at least 4 members (excludes halogenated alkanes) is 2. The van der Waals surface area contributed by atoms with Crippen molar-refractivity contribution in [3.63, 3.8) is 0 Å². The molecule has 0 unspecified atom stereocenters. The van der Waals surface area contributed by atoms with E-state index < -0.39 is 25.9 Å². The molecule has 0 saturated carbocycles. The van der Waals surface area contributed by atoms with Gasteiger partial charge in [0.15, 0.2) is 0 Å². The first-order chi connectivity index (χ1) is 27.4. The zero-order chi connectivity index (χ0) is 39.1. The van der Waals surface area contributed by atoms with Crippen LogP contribution in [0.3, 0.4) is 0 Å². The van der Waals surface area contributed by atoms with Gasteiger partial charge in [-0.25, -0.2) is 0 Å². The van der Waals surface area contributed by atoms with Gasteiger partial charge in [0.05, 0.1) is 13.2 Å². The van der Waals surface area contributed by atoms with Crippen LogP contribution >= 0.6 is 0 Å². The summed E-state index contributed by atoms with van der Waals surface area (Å²) in [5.41, 5.74) is 0.725. The fourth-order valence-corrected chi connectivity index (χ4v) is 5.00. The van der Waals surface area contributed by atoms with Gasteiger partial charge in [0, 0.05) is 22.3 Å². The van der Waals surface area contributed by atoms with Gasteiger partial charge in [0.1, 0.15) is 22.8 Å². The molecule has 3 heterocycles. The van der Waals surface area contributed by atoms with Crippen molar-refractivity contribution in [1.82, 2.24) is 0 Å². The molecule has 0 saturated heterocycles. The first-order valence-electron chi connectivity index (χ1n) is 18.1. The molecule has 7 rings (SSSR count). The molecule has 0 aromatic heterocycles. The largest absolute Gasteiger partial charge is 0.812 e. The van der Waals surface area contributed by atoms with Crippen LogP contribution in [0.5, 0.6) is 0 Å². The Morgan fingerprint density at radius 2 is 0.661 bits per heavy atom. The predicted molar refractivity (Wildman–Crippen MR) is 209 cm³/mol. The summed E-state index contributed by atoms with van der Waals surface area (Å²) >= 11 is 0. The van der Waals surface area contributed by atoms with E-state index >= 15 is 8.63 Å². The number of nitrogens with zero attached hydrogens (tertiary/aromatic N) is 6. The molecule has 3 aliphatic rings. The quantitative estimate of drug-likeness (QED) is 0.117.